The third-order valence-corrected chi connectivity index (χ3v) is 2.49. The number of halogens is 1. The van der Waals surface area contributed by atoms with Crippen molar-refractivity contribution in [3.63, 3.8) is 0 Å². The lowest BCUT2D eigenvalue weighted by atomic mass is 10.2. The highest BCUT2D eigenvalue weighted by Crippen LogP contribution is 2.26. The van der Waals surface area contributed by atoms with E-state index in [4.69, 9.17) is 5.11 Å². The summed E-state index contributed by atoms with van der Waals surface area (Å²) in [5.41, 5.74) is 0.675. The minimum absolute atomic E-state index is 0.0354. The number of carbonyl (C=O) groups is 1. The van der Waals surface area contributed by atoms with Crippen LogP contribution in [0.1, 0.15) is 10.4 Å². The van der Waals surface area contributed by atoms with Gasteiger partial charge in [0, 0.05) is 0 Å². The Hall–Kier alpha value is -2.76. The molecule has 0 aromatic heterocycles. The van der Waals surface area contributed by atoms with Crippen molar-refractivity contribution in [1.82, 2.24) is 0 Å². The first kappa shape index (κ1) is 12.7. The zero-order valence-corrected chi connectivity index (χ0v) is 9.65. The average Bonchev–Trinajstić information content (AvgIpc) is 2.42. The van der Waals surface area contributed by atoms with Crippen LogP contribution in [0.5, 0.6) is 0 Å². The predicted octanol–water partition coefficient (Wildman–Crippen LogP) is 3.34. The van der Waals surface area contributed by atoms with E-state index in [0.29, 0.717) is 11.4 Å². The quantitative estimate of drug-likeness (QED) is 0.676. The summed E-state index contributed by atoms with van der Waals surface area (Å²) in [6.07, 6.45) is 0. The second-order valence-corrected chi connectivity index (χ2v) is 3.73. The number of carboxylic acids is 1. The lowest BCUT2D eigenvalue weighted by Gasteiger charge is -2.15. The van der Waals surface area contributed by atoms with Crippen molar-refractivity contribution >= 4 is 17.3 Å². The fourth-order valence-corrected chi connectivity index (χ4v) is 1.60. The maximum absolute atomic E-state index is 12.8. The molecule has 5 nitrogen and oxygen atoms in total. The SMILES string of the molecule is O=NN(c1ccc(F)cc1)c1cccc(C(=O)O)c1. The van der Waals surface area contributed by atoms with Crippen LogP contribution >= 0.6 is 0 Å². The molecule has 6 heteroatoms. The molecule has 0 spiro atoms. The van der Waals surface area contributed by atoms with Crippen molar-refractivity contribution in [3.8, 4) is 0 Å². The van der Waals surface area contributed by atoms with E-state index in [9.17, 15) is 14.1 Å². The van der Waals surface area contributed by atoms with Gasteiger partial charge in [-0.05, 0) is 42.5 Å². The number of hydrogen-bond acceptors (Lipinski definition) is 3. The van der Waals surface area contributed by atoms with Gasteiger partial charge in [0.2, 0.25) is 0 Å². The minimum Gasteiger partial charge on any atom is -0.478 e. The molecular weight excluding hydrogens is 251 g/mol. The van der Waals surface area contributed by atoms with Gasteiger partial charge >= 0.3 is 5.97 Å². The molecule has 2 aromatic rings. The Balaban J connectivity index is 2.42. The largest absolute Gasteiger partial charge is 0.478 e. The van der Waals surface area contributed by atoms with E-state index < -0.39 is 11.8 Å². The number of benzene rings is 2. The summed E-state index contributed by atoms with van der Waals surface area (Å²) in [6.45, 7) is 0. The first-order valence-electron chi connectivity index (χ1n) is 5.34. The van der Waals surface area contributed by atoms with E-state index in [0.717, 1.165) is 5.01 Å². The Morgan fingerprint density at radius 3 is 2.37 bits per heavy atom. The highest BCUT2D eigenvalue weighted by atomic mass is 19.1. The number of anilines is 2. The van der Waals surface area contributed by atoms with Crippen molar-refractivity contribution in [2.45, 2.75) is 0 Å². The molecule has 0 saturated carbocycles. The monoisotopic (exact) mass is 260 g/mol. The molecule has 96 valence electrons. The normalized spacial score (nSPS) is 9.95. The summed E-state index contributed by atoms with van der Waals surface area (Å²) in [5, 5.41) is 12.7. The van der Waals surface area contributed by atoms with Gasteiger partial charge in [-0.1, -0.05) is 6.07 Å². The molecule has 0 bridgehead atoms. The van der Waals surface area contributed by atoms with Crippen LogP contribution in [0, 0.1) is 10.7 Å². The molecule has 0 unspecified atom stereocenters. The van der Waals surface area contributed by atoms with Crippen LogP contribution in [-0.4, -0.2) is 11.1 Å². The van der Waals surface area contributed by atoms with Crippen LogP contribution in [0.4, 0.5) is 15.8 Å². The Labute approximate surface area is 107 Å². The van der Waals surface area contributed by atoms with Gasteiger partial charge in [-0.2, -0.15) is 5.01 Å². The van der Waals surface area contributed by atoms with E-state index >= 15 is 0 Å². The number of aromatic carboxylic acids is 1. The molecular formula is C13H9FN2O3. The van der Waals surface area contributed by atoms with Crippen molar-refractivity contribution in [2.75, 3.05) is 5.01 Å². The molecule has 0 atom stereocenters. The van der Waals surface area contributed by atoms with Gasteiger partial charge in [0.25, 0.3) is 0 Å². The summed E-state index contributed by atoms with van der Waals surface area (Å²) in [7, 11) is 0. The third kappa shape index (κ3) is 2.74. The van der Waals surface area contributed by atoms with Crippen LogP contribution in [-0.2, 0) is 0 Å². The third-order valence-electron chi connectivity index (χ3n) is 2.49. The number of hydrogen-bond donors (Lipinski definition) is 1. The van der Waals surface area contributed by atoms with Crippen LogP contribution in [0.2, 0.25) is 0 Å². The highest BCUT2D eigenvalue weighted by Gasteiger charge is 2.12. The van der Waals surface area contributed by atoms with Crippen LogP contribution in [0.15, 0.2) is 53.8 Å². The zero-order chi connectivity index (χ0) is 13.8. The van der Waals surface area contributed by atoms with E-state index in [1.807, 2.05) is 0 Å². The van der Waals surface area contributed by atoms with Gasteiger partial charge in [-0.25, -0.2) is 9.18 Å². The second kappa shape index (κ2) is 5.26. The van der Waals surface area contributed by atoms with E-state index in [1.54, 1.807) is 0 Å². The first-order chi connectivity index (χ1) is 9.11. The van der Waals surface area contributed by atoms with Crippen molar-refractivity contribution in [3.05, 3.63) is 64.8 Å². The Morgan fingerprint density at radius 2 is 1.79 bits per heavy atom. The molecule has 0 saturated heterocycles. The molecule has 0 heterocycles. The van der Waals surface area contributed by atoms with Crippen LogP contribution in [0.3, 0.4) is 0 Å². The van der Waals surface area contributed by atoms with Crippen LogP contribution in [0.25, 0.3) is 0 Å². The van der Waals surface area contributed by atoms with E-state index in [2.05, 4.69) is 5.29 Å². The number of carboxylic acid groups (broad SMARTS) is 1. The molecule has 1 N–H and O–H groups in total. The Bertz CT molecular complexity index is 614. The number of nitroso groups, excluding NO2 is 1. The topological polar surface area (TPSA) is 70.0 Å². The second-order valence-electron chi connectivity index (χ2n) is 3.73. The summed E-state index contributed by atoms with van der Waals surface area (Å²) < 4.78 is 12.8. The molecule has 0 fully saturated rings. The molecule has 0 radical (unpaired) electrons. The molecule has 19 heavy (non-hydrogen) atoms. The van der Waals surface area contributed by atoms with Gasteiger partial charge in [-0.3, -0.25) is 0 Å². The van der Waals surface area contributed by atoms with Gasteiger partial charge in [-0.15, -0.1) is 4.91 Å². The Kier molecular flexibility index (Phi) is 3.51. The lowest BCUT2D eigenvalue weighted by Crippen LogP contribution is -2.08. The molecule has 2 aromatic carbocycles. The van der Waals surface area contributed by atoms with Crippen molar-refractivity contribution < 1.29 is 14.3 Å². The Morgan fingerprint density at radius 1 is 1.11 bits per heavy atom. The van der Waals surface area contributed by atoms with Gasteiger partial charge in [0.1, 0.15) is 5.82 Å². The van der Waals surface area contributed by atoms with E-state index in [-0.39, 0.29) is 5.56 Å². The summed E-state index contributed by atoms with van der Waals surface area (Å²) in [6, 6.07) is 10.9. The van der Waals surface area contributed by atoms with Gasteiger partial charge in [0.05, 0.1) is 22.2 Å². The first-order valence-corrected chi connectivity index (χ1v) is 5.34. The zero-order valence-electron chi connectivity index (χ0n) is 9.65. The number of rotatable bonds is 4. The summed E-state index contributed by atoms with van der Waals surface area (Å²) in [4.78, 5) is 21.8. The predicted molar refractivity (Wildman–Crippen MR) is 67.7 cm³/mol. The summed E-state index contributed by atoms with van der Waals surface area (Å²) >= 11 is 0. The molecule has 0 aliphatic heterocycles. The highest BCUT2D eigenvalue weighted by molar-refractivity contribution is 5.89. The van der Waals surface area contributed by atoms with Gasteiger partial charge in [0.15, 0.2) is 0 Å². The molecule has 2 rings (SSSR count). The fraction of sp³-hybridized carbons (Fsp3) is 0. The maximum atomic E-state index is 12.8. The molecule has 0 amide bonds. The fourth-order valence-electron chi connectivity index (χ4n) is 1.60. The lowest BCUT2D eigenvalue weighted by molar-refractivity contribution is 0.0697. The van der Waals surface area contributed by atoms with E-state index in [1.165, 1.54) is 48.5 Å². The van der Waals surface area contributed by atoms with Crippen molar-refractivity contribution in [2.24, 2.45) is 5.29 Å². The average molecular weight is 260 g/mol. The molecule has 0 aliphatic rings. The summed E-state index contributed by atoms with van der Waals surface area (Å²) in [5.74, 6) is -1.54. The minimum atomic E-state index is -1.10. The maximum Gasteiger partial charge on any atom is 0.335 e. The van der Waals surface area contributed by atoms with Gasteiger partial charge < -0.3 is 5.11 Å². The standard InChI is InChI=1S/C13H9FN2O3/c14-10-4-6-11(7-5-10)16(15-19)12-3-1-2-9(8-12)13(17)18/h1-8H,(H,17,18). The molecule has 0 aliphatic carbocycles. The smallest absolute Gasteiger partial charge is 0.335 e. The van der Waals surface area contributed by atoms with Crippen LogP contribution < -0.4 is 5.01 Å². The van der Waals surface area contributed by atoms with Crippen molar-refractivity contribution in [1.29, 1.82) is 0 Å². The number of nitrogens with zero attached hydrogens (tertiary/aromatic N) is 2.